The van der Waals surface area contributed by atoms with Gasteiger partial charge >= 0.3 is 6.36 Å². The van der Waals surface area contributed by atoms with E-state index in [2.05, 4.69) is 20.7 Å². The van der Waals surface area contributed by atoms with Crippen LogP contribution in [0.3, 0.4) is 0 Å². The molecule has 1 fully saturated rings. The zero-order valence-electron chi connectivity index (χ0n) is 10.9. The first kappa shape index (κ1) is 16.4. The number of benzene rings is 1. The van der Waals surface area contributed by atoms with Crippen molar-refractivity contribution in [2.45, 2.75) is 25.6 Å². The van der Waals surface area contributed by atoms with Gasteiger partial charge in [0, 0.05) is 11.8 Å². The van der Waals surface area contributed by atoms with Crippen LogP contribution in [0.2, 0.25) is 0 Å². The van der Waals surface area contributed by atoms with Crippen LogP contribution in [0.25, 0.3) is 0 Å². The second kappa shape index (κ2) is 6.00. The zero-order valence-corrected chi connectivity index (χ0v) is 13.3. The van der Waals surface area contributed by atoms with E-state index in [0.717, 1.165) is 12.8 Å². The van der Waals surface area contributed by atoms with Gasteiger partial charge in [-0.05, 0) is 47.0 Å². The van der Waals surface area contributed by atoms with Crippen LogP contribution < -0.4 is 15.2 Å². The highest BCUT2D eigenvalue weighted by Crippen LogP contribution is 2.49. The Morgan fingerprint density at radius 3 is 2.52 bits per heavy atom. The lowest BCUT2D eigenvalue weighted by Gasteiger charge is -2.16. The molecule has 1 aromatic rings. The number of halogens is 4. The molecule has 0 spiro atoms. The third-order valence-corrected chi connectivity index (χ3v) is 3.94. The number of rotatable bonds is 6. The summed E-state index contributed by atoms with van der Waals surface area (Å²) in [6, 6.07) is 4.08. The summed E-state index contributed by atoms with van der Waals surface area (Å²) in [5.74, 6) is 0.157. The van der Waals surface area contributed by atoms with E-state index in [1.54, 1.807) is 0 Å². The molecule has 3 nitrogen and oxygen atoms in total. The molecule has 2 rings (SSSR count). The van der Waals surface area contributed by atoms with Crippen LogP contribution in [0.1, 0.15) is 19.3 Å². The van der Waals surface area contributed by atoms with Crippen molar-refractivity contribution >= 4 is 33.1 Å². The first-order valence-electron chi connectivity index (χ1n) is 6.16. The van der Waals surface area contributed by atoms with E-state index in [1.807, 2.05) is 0 Å². The number of alkyl halides is 3. The number of hydrogen-bond donors (Lipinski definition) is 1. The van der Waals surface area contributed by atoms with Gasteiger partial charge in [0.05, 0.1) is 16.1 Å². The second-order valence-corrected chi connectivity index (χ2v) is 6.45. The molecule has 1 aliphatic carbocycles. The molecule has 0 aliphatic heterocycles. The molecule has 0 heterocycles. The summed E-state index contributed by atoms with van der Waals surface area (Å²) in [5.41, 5.74) is 5.52. The summed E-state index contributed by atoms with van der Waals surface area (Å²) in [7, 11) is 0. The Hall–Kier alpha value is -1.02. The summed E-state index contributed by atoms with van der Waals surface area (Å²) >= 11 is 7.92. The number of thiocarbonyl (C=S) groups is 1. The molecule has 0 unspecified atom stereocenters. The van der Waals surface area contributed by atoms with Gasteiger partial charge < -0.3 is 15.2 Å². The normalized spacial score (nSPS) is 16.4. The fourth-order valence-electron chi connectivity index (χ4n) is 1.93. The predicted molar refractivity (Wildman–Crippen MR) is 79.4 cm³/mol. The Bertz CT molecular complexity index is 547. The molecule has 0 aromatic heterocycles. The monoisotopic (exact) mass is 383 g/mol. The maximum absolute atomic E-state index is 12.2. The van der Waals surface area contributed by atoms with Gasteiger partial charge in [-0.3, -0.25) is 0 Å². The minimum Gasteiger partial charge on any atom is -0.493 e. The summed E-state index contributed by atoms with van der Waals surface area (Å²) in [6.45, 7) is 0.441. The van der Waals surface area contributed by atoms with Gasteiger partial charge in [-0.2, -0.15) is 0 Å². The zero-order chi connectivity index (χ0) is 15.7. The molecular formula is C13H13BrF3NO2S. The third kappa shape index (κ3) is 5.03. The lowest BCUT2D eigenvalue weighted by atomic mass is 10.0. The lowest BCUT2D eigenvalue weighted by Crippen LogP contribution is -2.21. The molecular weight excluding hydrogens is 371 g/mol. The molecule has 0 amide bonds. The summed E-state index contributed by atoms with van der Waals surface area (Å²) < 4.78 is 46.1. The van der Waals surface area contributed by atoms with Gasteiger partial charge in [0.2, 0.25) is 0 Å². The smallest absolute Gasteiger partial charge is 0.493 e. The van der Waals surface area contributed by atoms with Crippen LogP contribution in [0, 0.1) is 5.41 Å². The van der Waals surface area contributed by atoms with Crippen molar-refractivity contribution in [2.24, 2.45) is 11.1 Å². The van der Waals surface area contributed by atoms with Gasteiger partial charge in [0.15, 0.2) is 0 Å². The third-order valence-electron chi connectivity index (χ3n) is 3.18. The fourth-order valence-corrected chi connectivity index (χ4v) is 2.68. The van der Waals surface area contributed by atoms with Crippen molar-refractivity contribution in [3.63, 3.8) is 0 Å². The molecule has 8 heteroatoms. The van der Waals surface area contributed by atoms with E-state index in [1.165, 1.54) is 18.2 Å². The Balaban J connectivity index is 1.96. The Morgan fingerprint density at radius 1 is 1.38 bits per heavy atom. The fraction of sp³-hybridized carbons (Fsp3) is 0.462. The standard InChI is InChI=1S/C13H13BrF3NO2S/c14-9-5-8(1-2-10(9)20-13(15,16)17)19-7-12(3-4-12)6-11(18)21/h1-2,5H,3-4,6-7H2,(H2,18,21). The van der Waals surface area contributed by atoms with E-state index in [0.29, 0.717) is 23.8 Å². The van der Waals surface area contributed by atoms with Crippen molar-refractivity contribution < 1.29 is 22.6 Å². The summed E-state index contributed by atoms with van der Waals surface area (Å²) in [6.07, 6.45) is -2.12. The van der Waals surface area contributed by atoms with Crippen molar-refractivity contribution in [1.82, 2.24) is 0 Å². The van der Waals surface area contributed by atoms with E-state index in [9.17, 15) is 13.2 Å². The van der Waals surface area contributed by atoms with Crippen LogP contribution in [0.4, 0.5) is 13.2 Å². The number of nitrogens with two attached hydrogens (primary N) is 1. The minimum atomic E-state index is -4.72. The molecule has 2 N–H and O–H groups in total. The van der Waals surface area contributed by atoms with E-state index >= 15 is 0 Å². The van der Waals surface area contributed by atoms with Gasteiger partial charge in [0.1, 0.15) is 11.5 Å². The van der Waals surface area contributed by atoms with E-state index in [-0.39, 0.29) is 15.6 Å². The maximum Gasteiger partial charge on any atom is 0.573 e. The van der Waals surface area contributed by atoms with Gasteiger partial charge in [0.25, 0.3) is 0 Å². The van der Waals surface area contributed by atoms with Crippen LogP contribution in [-0.4, -0.2) is 18.0 Å². The number of ether oxygens (including phenoxy) is 2. The topological polar surface area (TPSA) is 44.5 Å². The highest BCUT2D eigenvalue weighted by Gasteiger charge is 2.43. The van der Waals surface area contributed by atoms with E-state index in [4.69, 9.17) is 22.7 Å². The predicted octanol–water partition coefficient (Wildman–Crippen LogP) is 4.18. The summed E-state index contributed by atoms with van der Waals surface area (Å²) in [4.78, 5) is 0.450. The molecule has 0 bridgehead atoms. The number of hydrogen-bond acceptors (Lipinski definition) is 3. The van der Waals surface area contributed by atoms with Crippen LogP contribution in [0.15, 0.2) is 22.7 Å². The quantitative estimate of drug-likeness (QED) is 0.748. The maximum atomic E-state index is 12.2. The SMILES string of the molecule is NC(=S)CC1(COc2ccc(OC(F)(F)F)c(Br)c2)CC1. The lowest BCUT2D eigenvalue weighted by molar-refractivity contribution is -0.274. The molecule has 1 aliphatic rings. The van der Waals surface area contributed by atoms with Gasteiger partial charge in [-0.1, -0.05) is 12.2 Å². The van der Waals surface area contributed by atoms with Crippen molar-refractivity contribution in [3.05, 3.63) is 22.7 Å². The average Bonchev–Trinajstić information content (AvgIpc) is 3.07. The molecule has 1 aromatic carbocycles. The van der Waals surface area contributed by atoms with Gasteiger partial charge in [-0.15, -0.1) is 13.2 Å². The first-order chi connectivity index (χ1) is 9.69. The van der Waals surface area contributed by atoms with Crippen LogP contribution in [-0.2, 0) is 0 Å². The first-order valence-corrected chi connectivity index (χ1v) is 7.36. The molecule has 0 saturated heterocycles. The Labute approximate surface area is 133 Å². The van der Waals surface area contributed by atoms with Crippen molar-refractivity contribution in [2.75, 3.05) is 6.61 Å². The molecule has 0 atom stereocenters. The largest absolute Gasteiger partial charge is 0.573 e. The Kier molecular flexibility index (Phi) is 4.67. The minimum absolute atomic E-state index is 0.0144. The second-order valence-electron chi connectivity index (χ2n) is 5.07. The molecule has 21 heavy (non-hydrogen) atoms. The van der Waals surface area contributed by atoms with Crippen LogP contribution >= 0.6 is 28.1 Å². The summed E-state index contributed by atoms with van der Waals surface area (Å²) in [5, 5.41) is 0. The molecule has 0 radical (unpaired) electrons. The molecule has 116 valence electrons. The molecule has 1 saturated carbocycles. The highest BCUT2D eigenvalue weighted by atomic mass is 79.9. The van der Waals surface area contributed by atoms with Crippen LogP contribution in [0.5, 0.6) is 11.5 Å². The highest BCUT2D eigenvalue weighted by molar-refractivity contribution is 9.10. The van der Waals surface area contributed by atoms with Crippen molar-refractivity contribution in [1.29, 1.82) is 0 Å². The van der Waals surface area contributed by atoms with Crippen molar-refractivity contribution in [3.8, 4) is 11.5 Å². The Morgan fingerprint density at radius 2 is 2.05 bits per heavy atom. The van der Waals surface area contributed by atoms with Gasteiger partial charge in [-0.25, -0.2) is 0 Å². The average molecular weight is 384 g/mol. The van der Waals surface area contributed by atoms with E-state index < -0.39 is 6.36 Å².